The standard InChI is InChI=1S/C13H20.C9H11N/c1-7-13-11(5)9(3)8(2)10(4)12(13)6;10-9-6-8(9)7-4-2-1-3-5-7/h7H2,1-6H3;1-5,8-9H,6,10H2. The Morgan fingerprint density at radius 1 is 0.826 bits per heavy atom. The van der Waals surface area contributed by atoms with Gasteiger partial charge in [0, 0.05) is 12.0 Å². The van der Waals surface area contributed by atoms with Crippen molar-refractivity contribution in [3.63, 3.8) is 0 Å². The van der Waals surface area contributed by atoms with Gasteiger partial charge in [0.25, 0.3) is 0 Å². The molecule has 2 aromatic rings. The lowest BCUT2D eigenvalue weighted by Crippen LogP contribution is -2.01. The molecular weight excluding hydrogens is 278 g/mol. The normalized spacial score (nSPS) is 19.1. The number of rotatable bonds is 2. The molecule has 1 heteroatoms. The Morgan fingerprint density at radius 3 is 1.65 bits per heavy atom. The molecule has 1 aliphatic rings. The summed E-state index contributed by atoms with van der Waals surface area (Å²) in [5.41, 5.74) is 16.0. The van der Waals surface area contributed by atoms with E-state index in [1.165, 1.54) is 39.8 Å². The van der Waals surface area contributed by atoms with Gasteiger partial charge in [0.15, 0.2) is 0 Å². The van der Waals surface area contributed by atoms with Gasteiger partial charge in [-0.15, -0.1) is 0 Å². The van der Waals surface area contributed by atoms with E-state index in [9.17, 15) is 0 Å². The molecule has 2 atom stereocenters. The molecule has 3 rings (SSSR count). The molecule has 0 saturated heterocycles. The fraction of sp³-hybridized carbons (Fsp3) is 0.455. The molecular formula is C22H31N. The molecule has 1 fully saturated rings. The molecule has 0 radical (unpaired) electrons. The van der Waals surface area contributed by atoms with Crippen LogP contribution in [-0.4, -0.2) is 6.04 Å². The zero-order chi connectivity index (χ0) is 17.1. The second kappa shape index (κ2) is 7.31. The molecule has 0 aliphatic heterocycles. The second-order valence-corrected chi connectivity index (χ2v) is 6.87. The van der Waals surface area contributed by atoms with Crippen molar-refractivity contribution in [3.8, 4) is 0 Å². The molecule has 1 aliphatic carbocycles. The highest BCUT2D eigenvalue weighted by molar-refractivity contribution is 5.49. The second-order valence-electron chi connectivity index (χ2n) is 6.87. The van der Waals surface area contributed by atoms with Crippen molar-refractivity contribution in [2.75, 3.05) is 0 Å². The number of hydrogen-bond donors (Lipinski definition) is 1. The smallest absolute Gasteiger partial charge is 0.0115 e. The third-order valence-corrected chi connectivity index (χ3v) is 5.58. The van der Waals surface area contributed by atoms with Gasteiger partial charge < -0.3 is 5.73 Å². The van der Waals surface area contributed by atoms with E-state index in [4.69, 9.17) is 5.73 Å². The summed E-state index contributed by atoms with van der Waals surface area (Å²) in [6.07, 6.45) is 2.32. The molecule has 124 valence electrons. The van der Waals surface area contributed by atoms with Crippen LogP contribution in [0.2, 0.25) is 0 Å². The first kappa shape index (κ1) is 17.7. The fourth-order valence-corrected chi connectivity index (χ4v) is 3.41. The largest absolute Gasteiger partial charge is 0.327 e. The summed E-state index contributed by atoms with van der Waals surface area (Å²) < 4.78 is 0. The van der Waals surface area contributed by atoms with Crippen LogP contribution in [-0.2, 0) is 6.42 Å². The zero-order valence-electron chi connectivity index (χ0n) is 15.5. The minimum Gasteiger partial charge on any atom is -0.327 e. The van der Waals surface area contributed by atoms with E-state index in [0.29, 0.717) is 12.0 Å². The maximum atomic E-state index is 5.70. The van der Waals surface area contributed by atoms with Crippen LogP contribution in [0, 0.1) is 34.6 Å². The predicted octanol–water partition coefficient (Wildman–Crippen LogP) is 5.29. The van der Waals surface area contributed by atoms with E-state index < -0.39 is 0 Å². The van der Waals surface area contributed by atoms with E-state index in [1.54, 1.807) is 5.56 Å². The van der Waals surface area contributed by atoms with Crippen molar-refractivity contribution in [3.05, 3.63) is 69.3 Å². The summed E-state index contributed by atoms with van der Waals surface area (Å²) in [5.74, 6) is 0.654. The third kappa shape index (κ3) is 3.84. The highest BCUT2D eigenvalue weighted by Gasteiger charge is 2.34. The quantitative estimate of drug-likeness (QED) is 0.801. The van der Waals surface area contributed by atoms with Crippen molar-refractivity contribution in [2.24, 2.45) is 5.73 Å². The molecule has 0 amide bonds. The Kier molecular flexibility index (Phi) is 5.64. The highest BCUT2D eigenvalue weighted by atomic mass is 14.7. The monoisotopic (exact) mass is 309 g/mol. The Balaban J connectivity index is 0.000000172. The molecule has 23 heavy (non-hydrogen) atoms. The SMILES string of the molecule is CCc1c(C)c(C)c(C)c(C)c1C.NC1CC1c1ccccc1. The first-order valence-electron chi connectivity index (χ1n) is 8.74. The average molecular weight is 309 g/mol. The van der Waals surface area contributed by atoms with Gasteiger partial charge in [0.1, 0.15) is 0 Å². The summed E-state index contributed by atoms with van der Waals surface area (Å²) in [4.78, 5) is 0. The van der Waals surface area contributed by atoms with Gasteiger partial charge in [-0.05, 0) is 86.4 Å². The molecule has 0 bridgehead atoms. The van der Waals surface area contributed by atoms with Crippen LogP contribution in [0.5, 0.6) is 0 Å². The lowest BCUT2D eigenvalue weighted by atomic mass is 9.89. The molecule has 2 unspecified atom stereocenters. The van der Waals surface area contributed by atoms with Crippen LogP contribution in [0.4, 0.5) is 0 Å². The number of benzene rings is 2. The zero-order valence-corrected chi connectivity index (χ0v) is 15.5. The van der Waals surface area contributed by atoms with E-state index in [2.05, 4.69) is 65.8 Å². The number of nitrogens with two attached hydrogens (primary N) is 1. The molecule has 0 spiro atoms. The third-order valence-electron chi connectivity index (χ3n) is 5.58. The highest BCUT2D eigenvalue weighted by Crippen LogP contribution is 2.38. The Morgan fingerprint density at radius 2 is 1.26 bits per heavy atom. The lowest BCUT2D eigenvalue weighted by Gasteiger charge is -2.17. The van der Waals surface area contributed by atoms with Gasteiger partial charge in [-0.25, -0.2) is 0 Å². The summed E-state index contributed by atoms with van der Waals surface area (Å²) in [7, 11) is 0. The van der Waals surface area contributed by atoms with E-state index in [1.807, 2.05) is 6.07 Å². The summed E-state index contributed by atoms with van der Waals surface area (Å²) >= 11 is 0. The van der Waals surface area contributed by atoms with Crippen molar-refractivity contribution in [2.45, 2.75) is 66.3 Å². The van der Waals surface area contributed by atoms with Crippen LogP contribution in [0.1, 0.15) is 58.2 Å². The van der Waals surface area contributed by atoms with E-state index in [0.717, 1.165) is 6.42 Å². The Bertz CT molecular complexity index is 641. The van der Waals surface area contributed by atoms with Crippen LogP contribution in [0.15, 0.2) is 30.3 Å². The van der Waals surface area contributed by atoms with Crippen molar-refractivity contribution >= 4 is 0 Å². The molecule has 2 aromatic carbocycles. The minimum absolute atomic E-state index is 0.433. The van der Waals surface area contributed by atoms with Gasteiger partial charge in [0.2, 0.25) is 0 Å². The summed E-state index contributed by atoms with van der Waals surface area (Å²) in [5, 5.41) is 0. The maximum absolute atomic E-state index is 5.70. The van der Waals surface area contributed by atoms with Crippen molar-refractivity contribution in [1.29, 1.82) is 0 Å². The predicted molar refractivity (Wildman–Crippen MR) is 101 cm³/mol. The van der Waals surface area contributed by atoms with Crippen molar-refractivity contribution < 1.29 is 0 Å². The first-order valence-corrected chi connectivity index (χ1v) is 8.74. The van der Waals surface area contributed by atoms with Crippen LogP contribution in [0.25, 0.3) is 0 Å². The van der Waals surface area contributed by atoms with Crippen LogP contribution in [0.3, 0.4) is 0 Å². The van der Waals surface area contributed by atoms with Crippen molar-refractivity contribution in [1.82, 2.24) is 0 Å². The summed E-state index contributed by atoms with van der Waals surface area (Å²) in [6, 6.07) is 10.9. The van der Waals surface area contributed by atoms with Gasteiger partial charge in [-0.3, -0.25) is 0 Å². The summed E-state index contributed by atoms with van der Waals surface area (Å²) in [6.45, 7) is 13.4. The maximum Gasteiger partial charge on any atom is 0.0115 e. The fourth-order valence-electron chi connectivity index (χ4n) is 3.41. The molecule has 0 heterocycles. The van der Waals surface area contributed by atoms with Gasteiger partial charge >= 0.3 is 0 Å². The molecule has 1 saturated carbocycles. The first-order chi connectivity index (χ1) is 10.9. The lowest BCUT2D eigenvalue weighted by molar-refractivity contribution is 0.991. The van der Waals surface area contributed by atoms with Gasteiger partial charge in [-0.1, -0.05) is 37.3 Å². The van der Waals surface area contributed by atoms with Crippen LogP contribution >= 0.6 is 0 Å². The minimum atomic E-state index is 0.433. The topological polar surface area (TPSA) is 26.0 Å². The van der Waals surface area contributed by atoms with Gasteiger partial charge in [0.05, 0.1) is 0 Å². The Hall–Kier alpha value is -1.60. The van der Waals surface area contributed by atoms with Gasteiger partial charge in [-0.2, -0.15) is 0 Å². The molecule has 0 aromatic heterocycles. The Labute approximate surface area is 141 Å². The van der Waals surface area contributed by atoms with E-state index >= 15 is 0 Å². The average Bonchev–Trinajstić information content (AvgIpc) is 3.30. The molecule has 1 nitrogen and oxygen atoms in total. The molecule has 2 N–H and O–H groups in total. The van der Waals surface area contributed by atoms with E-state index in [-0.39, 0.29) is 0 Å². The number of hydrogen-bond acceptors (Lipinski definition) is 1. The van der Waals surface area contributed by atoms with Crippen LogP contribution < -0.4 is 5.73 Å².